The van der Waals surface area contributed by atoms with Crippen LogP contribution in [0, 0.1) is 69.8 Å². The fourth-order valence-corrected chi connectivity index (χ4v) is 15.7. The van der Waals surface area contributed by atoms with Crippen molar-refractivity contribution in [3.63, 3.8) is 0 Å². The van der Waals surface area contributed by atoms with Gasteiger partial charge in [-0.25, -0.2) is 81.5 Å². The lowest BCUT2D eigenvalue weighted by molar-refractivity contribution is 0.0681. The zero-order valence-electron chi connectivity index (χ0n) is 79.0. The van der Waals surface area contributed by atoms with Gasteiger partial charge in [-0.2, -0.15) is 0 Å². The van der Waals surface area contributed by atoms with E-state index in [9.17, 15) is 28.8 Å². The van der Waals surface area contributed by atoms with Gasteiger partial charge < -0.3 is 56.8 Å². The van der Waals surface area contributed by atoms with Gasteiger partial charge in [0.05, 0.1) is 73.0 Å². The van der Waals surface area contributed by atoms with Crippen molar-refractivity contribution in [1.29, 1.82) is 0 Å². The van der Waals surface area contributed by atoms with Crippen molar-refractivity contribution in [2.45, 2.75) is 273 Å². The smallest absolute Gasteiger partial charge is 0.343 e. The molecule has 0 radical (unpaired) electrons. The Morgan fingerprint density at radius 3 is 0.391 bits per heavy atom. The van der Waals surface area contributed by atoms with Crippen LogP contribution in [0.5, 0.6) is 69.0 Å². The number of fused-ring (bicyclic) bond motifs is 6. The van der Waals surface area contributed by atoms with Gasteiger partial charge in [0.1, 0.15) is 0 Å². The predicted octanol–water partition coefficient (Wildman–Crippen LogP) is 30.6. The maximum absolute atomic E-state index is 16.3. The highest BCUT2D eigenvalue weighted by Crippen LogP contribution is 2.49. The van der Waals surface area contributed by atoms with E-state index in [0.29, 0.717) is 150 Å². The molecule has 0 heterocycles. The van der Waals surface area contributed by atoms with Gasteiger partial charge in [-0.15, -0.1) is 0 Å². The van der Waals surface area contributed by atoms with E-state index in [1.165, 1.54) is 0 Å². The highest BCUT2D eigenvalue weighted by Gasteiger charge is 2.32. The van der Waals surface area contributed by atoms with E-state index >= 15 is 52.7 Å². The summed E-state index contributed by atoms with van der Waals surface area (Å²) in [4.78, 5) is 89.3. The van der Waals surface area contributed by atoms with Crippen molar-refractivity contribution in [1.82, 2.24) is 0 Å². The number of esters is 6. The Morgan fingerprint density at radius 1 is 0.167 bits per heavy atom. The van der Waals surface area contributed by atoms with Crippen molar-refractivity contribution >= 4 is 68.1 Å². The lowest BCUT2D eigenvalue weighted by Gasteiger charge is -2.19. The zero-order chi connectivity index (χ0) is 99.2. The molecule has 0 fully saturated rings. The summed E-state index contributed by atoms with van der Waals surface area (Å²) >= 11 is 0. The quantitative estimate of drug-likeness (QED) is 0.0114. The maximum atomic E-state index is 16.3. The first-order valence-corrected chi connectivity index (χ1v) is 48.3. The Kier molecular flexibility index (Phi) is 43.3. The van der Waals surface area contributed by atoms with E-state index in [2.05, 4.69) is 0 Å². The molecule has 0 bridgehead atoms. The van der Waals surface area contributed by atoms with Crippen LogP contribution < -0.4 is 56.8 Å². The summed E-state index contributed by atoms with van der Waals surface area (Å²) in [5.41, 5.74) is -5.16. The number of hydrogen-bond acceptors (Lipinski definition) is 18. The minimum atomic E-state index is -1.62. The van der Waals surface area contributed by atoms with Crippen LogP contribution in [0.4, 0.5) is 52.7 Å². The SMILES string of the molecule is CCCCCCCCOc1c(F)cc(C(=O)Oc2cc3c4cc(OC(=O)c5cc(F)c(OCCCCCCCC)c(F)c5)c(OC(=O)c5cc(F)c(OCCCCCCCC)c(F)c5)cc4c4cc(OC(=O)c5cc(F)c(OCCCCCCCC)c(F)c5)c(OC(=O)c5cc(F)c(OCCCCCCCC)c(F)c5)cc4c3cc2OC(=O)c2cc(F)c(OCCCCCCCC)c(F)c2)cc1F. The highest BCUT2D eigenvalue weighted by atomic mass is 19.2. The summed E-state index contributed by atoms with van der Waals surface area (Å²) in [6.45, 7) is 11.4. The fraction of sp³-hybridized carbons (Fsp3) is 0.444. The number of carbonyl (C=O) groups is 6. The molecule has 0 aliphatic heterocycles. The Hall–Kier alpha value is -12.2. The van der Waals surface area contributed by atoms with Crippen molar-refractivity contribution in [3.8, 4) is 69.0 Å². The second kappa shape index (κ2) is 55.4. The molecule has 10 aromatic rings. The monoisotopic (exact) mass is 1930 g/mol. The molecule has 30 heteroatoms. The van der Waals surface area contributed by atoms with Crippen molar-refractivity contribution in [2.24, 2.45) is 0 Å². The first kappa shape index (κ1) is 108. The van der Waals surface area contributed by atoms with Gasteiger partial charge in [-0.3, -0.25) is 0 Å². The molecule has 10 rings (SSSR count). The van der Waals surface area contributed by atoms with Gasteiger partial charge >= 0.3 is 35.8 Å². The van der Waals surface area contributed by atoms with Gasteiger partial charge in [0.25, 0.3) is 0 Å². The maximum Gasteiger partial charge on any atom is 0.343 e. The minimum absolute atomic E-state index is 0.139. The molecule has 10 aromatic carbocycles. The number of halogens is 12. The summed E-state index contributed by atoms with van der Waals surface area (Å²) in [7, 11) is 0. The van der Waals surface area contributed by atoms with E-state index < -0.39 is 208 Å². The number of rotatable bonds is 60. The lowest BCUT2D eigenvalue weighted by Crippen LogP contribution is -2.15. The van der Waals surface area contributed by atoms with Crippen LogP contribution in [0.1, 0.15) is 335 Å². The number of carbonyl (C=O) groups excluding carboxylic acids is 6. The molecule has 0 aromatic heterocycles. The predicted molar refractivity (Wildman–Crippen MR) is 500 cm³/mol. The van der Waals surface area contributed by atoms with Crippen molar-refractivity contribution in [3.05, 3.63) is 212 Å². The van der Waals surface area contributed by atoms with Crippen molar-refractivity contribution in [2.75, 3.05) is 39.6 Å². The van der Waals surface area contributed by atoms with Crippen LogP contribution >= 0.6 is 0 Å². The third-order valence-electron chi connectivity index (χ3n) is 23.2. The molecule has 138 heavy (non-hydrogen) atoms. The van der Waals surface area contributed by atoms with E-state index in [1.54, 1.807) is 0 Å². The minimum Gasteiger partial charge on any atom is -0.488 e. The molecule has 0 aliphatic rings. The molecule has 744 valence electrons. The molecule has 0 atom stereocenters. The van der Waals surface area contributed by atoms with E-state index in [1.807, 2.05) is 41.5 Å². The Balaban J connectivity index is 1.22. The average Bonchev–Trinajstić information content (AvgIpc) is 0.719. The molecule has 0 spiro atoms. The van der Waals surface area contributed by atoms with Crippen LogP contribution in [-0.4, -0.2) is 75.5 Å². The van der Waals surface area contributed by atoms with Crippen molar-refractivity contribution < 1.29 is 138 Å². The number of unbranched alkanes of at least 4 members (excludes halogenated alkanes) is 30. The largest absolute Gasteiger partial charge is 0.488 e. The van der Waals surface area contributed by atoms with Gasteiger partial charge in [0.2, 0.25) is 0 Å². The van der Waals surface area contributed by atoms with E-state index in [4.69, 9.17) is 56.8 Å². The first-order valence-electron chi connectivity index (χ1n) is 48.3. The van der Waals surface area contributed by atoms with Crippen LogP contribution in [0.25, 0.3) is 32.3 Å². The molecule has 0 amide bonds. The van der Waals surface area contributed by atoms with Crippen LogP contribution in [0.2, 0.25) is 0 Å². The summed E-state index contributed by atoms with van der Waals surface area (Å²) in [6, 6.07) is 12.1. The molecule has 18 nitrogen and oxygen atoms in total. The third kappa shape index (κ3) is 30.9. The average molecular weight is 1930 g/mol. The summed E-state index contributed by atoms with van der Waals surface area (Å²) in [6.07, 6.45) is 28.2. The molecular weight excluding hydrogens is 1810 g/mol. The Morgan fingerprint density at radius 2 is 0.275 bits per heavy atom. The summed E-state index contributed by atoms with van der Waals surface area (Å²) < 4.78 is 265. The van der Waals surface area contributed by atoms with Crippen LogP contribution in [0.3, 0.4) is 0 Å². The molecule has 0 saturated carbocycles. The molecule has 0 unspecified atom stereocenters. The molecule has 0 N–H and O–H groups in total. The second-order valence-electron chi connectivity index (χ2n) is 34.2. The number of benzene rings is 10. The van der Waals surface area contributed by atoms with Gasteiger partial charge in [0, 0.05) is 0 Å². The van der Waals surface area contributed by atoms with Gasteiger partial charge in [-0.05, 0) is 180 Å². The van der Waals surface area contributed by atoms with E-state index in [-0.39, 0.29) is 72.0 Å². The standard InChI is InChI=1S/C108H120F12O18/c1-7-13-19-25-31-37-43-127-97-79(109)49-67(50-80(97)110)103(121)133-91-61-73-74(62-92(91)134-104(122)68-51-81(111)98(82(112)52-68)128-44-38-32-26-20-14-8-2)76-64-94(136-106(124)70-55-85(115)100(86(116)56-70)130-46-40-34-28-22-16-10-4)96(138-108(126)72-59-89(119)102(90(120)60-72)132-48-42-36-30-24-18-12-6)66-78(76)77-65-95(137-107(125)71-57-87(117)101(88(118)58-71)131-47-41-35-29-23-17-11-5)93(63-75(73)77)135-105(123)69-53-83(113)99(84(114)54-69)129-45-39-33-27-21-15-9-3/h49-66H,7-48H2,1-6H3. The van der Waals surface area contributed by atoms with Crippen LogP contribution in [-0.2, 0) is 0 Å². The normalized spacial score (nSPS) is 11.3. The molecular formula is C108H120F12O18. The van der Waals surface area contributed by atoms with Gasteiger partial charge in [0.15, 0.2) is 139 Å². The number of hydrogen-bond donors (Lipinski definition) is 0. The Labute approximate surface area is 796 Å². The first-order chi connectivity index (χ1) is 66.7. The van der Waals surface area contributed by atoms with Crippen LogP contribution in [0.15, 0.2) is 109 Å². The fourth-order valence-electron chi connectivity index (χ4n) is 15.7. The second-order valence-corrected chi connectivity index (χ2v) is 34.2. The van der Waals surface area contributed by atoms with Gasteiger partial charge in [-0.1, -0.05) is 234 Å². The zero-order valence-corrected chi connectivity index (χ0v) is 79.0. The van der Waals surface area contributed by atoms with E-state index in [0.717, 1.165) is 190 Å². The molecule has 0 aliphatic carbocycles. The number of ether oxygens (including phenoxy) is 12. The highest BCUT2D eigenvalue weighted by molar-refractivity contribution is 6.27. The lowest BCUT2D eigenvalue weighted by atomic mass is 9.93. The summed E-state index contributed by atoms with van der Waals surface area (Å²) in [5.74, 6) is -37.2. The topological polar surface area (TPSA) is 213 Å². The molecule has 0 saturated heterocycles. The Bertz CT molecular complexity index is 4760. The summed E-state index contributed by atoms with van der Waals surface area (Å²) in [5, 5.41) is -2.21. The third-order valence-corrected chi connectivity index (χ3v) is 23.2.